The highest BCUT2D eigenvalue weighted by Gasteiger charge is 2.07. The molecule has 0 heterocycles. The van der Waals surface area contributed by atoms with Crippen molar-refractivity contribution >= 4 is 23.6 Å². The van der Waals surface area contributed by atoms with Gasteiger partial charge in [0.1, 0.15) is 0 Å². The Morgan fingerprint density at radius 2 is 1.75 bits per heavy atom. The summed E-state index contributed by atoms with van der Waals surface area (Å²) < 4.78 is 10.5. The fourth-order valence-electron chi connectivity index (χ4n) is 2.11. The molecule has 0 saturated carbocycles. The molecule has 0 bridgehead atoms. The third-order valence-corrected chi connectivity index (χ3v) is 3.28. The average molecular weight is 326 g/mol. The molecule has 6 nitrogen and oxygen atoms in total. The topological polar surface area (TPSA) is 90.6 Å². The van der Waals surface area contributed by atoms with Crippen LogP contribution in [0.3, 0.4) is 0 Å². The molecule has 2 aromatic rings. The maximum absolute atomic E-state index is 12.0. The van der Waals surface area contributed by atoms with Gasteiger partial charge in [-0.15, -0.1) is 0 Å². The Kier molecular flexibility index (Phi) is 5.57. The highest BCUT2D eigenvalue weighted by atomic mass is 16.5. The van der Waals surface area contributed by atoms with Gasteiger partial charge in [0.2, 0.25) is 11.8 Å². The van der Waals surface area contributed by atoms with Crippen molar-refractivity contribution < 1.29 is 19.1 Å². The first kappa shape index (κ1) is 17.1. The summed E-state index contributed by atoms with van der Waals surface area (Å²) in [5, 5.41) is 2.69. The molecule has 0 aliphatic carbocycles. The SMILES string of the molecule is COc1cccc(/C=C/C(=O)Nc2ccc(C(N)=O)cc2)c1OC. The van der Waals surface area contributed by atoms with Crippen LogP contribution in [-0.2, 0) is 4.79 Å². The first-order chi connectivity index (χ1) is 11.5. The first-order valence-corrected chi connectivity index (χ1v) is 7.15. The number of ether oxygens (including phenoxy) is 2. The molecule has 0 saturated heterocycles. The smallest absolute Gasteiger partial charge is 0.248 e. The number of carbonyl (C=O) groups is 2. The number of amides is 2. The van der Waals surface area contributed by atoms with Crippen LogP contribution in [0, 0.1) is 0 Å². The number of carbonyl (C=O) groups excluding carboxylic acids is 2. The lowest BCUT2D eigenvalue weighted by Crippen LogP contribution is -2.11. The number of nitrogens with one attached hydrogen (secondary N) is 1. The van der Waals surface area contributed by atoms with Gasteiger partial charge in [0.25, 0.3) is 0 Å². The maximum Gasteiger partial charge on any atom is 0.248 e. The van der Waals surface area contributed by atoms with E-state index in [2.05, 4.69) is 5.32 Å². The highest BCUT2D eigenvalue weighted by Crippen LogP contribution is 2.31. The second-order valence-corrected chi connectivity index (χ2v) is 4.85. The van der Waals surface area contributed by atoms with E-state index in [0.29, 0.717) is 22.7 Å². The van der Waals surface area contributed by atoms with Crippen LogP contribution in [0.4, 0.5) is 5.69 Å². The number of hydrogen-bond donors (Lipinski definition) is 2. The summed E-state index contributed by atoms with van der Waals surface area (Å²) in [6, 6.07) is 11.7. The van der Waals surface area contributed by atoms with Crippen LogP contribution in [0.15, 0.2) is 48.5 Å². The van der Waals surface area contributed by atoms with Crippen LogP contribution in [0.2, 0.25) is 0 Å². The second kappa shape index (κ2) is 7.82. The van der Waals surface area contributed by atoms with Crippen LogP contribution in [0.1, 0.15) is 15.9 Å². The molecule has 24 heavy (non-hydrogen) atoms. The monoisotopic (exact) mass is 326 g/mol. The minimum absolute atomic E-state index is 0.313. The van der Waals surface area contributed by atoms with Crippen molar-refractivity contribution in [2.75, 3.05) is 19.5 Å². The van der Waals surface area contributed by atoms with Gasteiger partial charge in [-0.25, -0.2) is 0 Å². The summed E-state index contributed by atoms with van der Waals surface area (Å²) in [5.41, 5.74) is 6.83. The van der Waals surface area contributed by atoms with E-state index in [-0.39, 0.29) is 5.91 Å². The van der Waals surface area contributed by atoms with Gasteiger partial charge >= 0.3 is 0 Å². The normalized spacial score (nSPS) is 10.4. The predicted octanol–water partition coefficient (Wildman–Crippen LogP) is 2.45. The van der Waals surface area contributed by atoms with Gasteiger partial charge in [-0.2, -0.15) is 0 Å². The molecule has 2 rings (SSSR count). The number of nitrogens with two attached hydrogens (primary N) is 1. The van der Waals surface area contributed by atoms with Crippen molar-refractivity contribution in [2.45, 2.75) is 0 Å². The van der Waals surface area contributed by atoms with E-state index in [9.17, 15) is 9.59 Å². The fourth-order valence-corrected chi connectivity index (χ4v) is 2.11. The fraction of sp³-hybridized carbons (Fsp3) is 0.111. The summed E-state index contributed by atoms with van der Waals surface area (Å²) in [6.07, 6.45) is 3.02. The standard InChI is InChI=1S/C18H18N2O4/c1-23-15-5-3-4-12(17(15)24-2)8-11-16(21)20-14-9-6-13(7-10-14)18(19)22/h3-11H,1-2H3,(H2,19,22)(H,20,21)/b11-8+. The lowest BCUT2D eigenvalue weighted by Gasteiger charge is -2.09. The Morgan fingerprint density at radius 3 is 2.33 bits per heavy atom. The zero-order chi connectivity index (χ0) is 17.5. The van der Waals surface area contributed by atoms with Gasteiger partial charge in [0.15, 0.2) is 11.5 Å². The summed E-state index contributed by atoms with van der Waals surface area (Å²) in [5.74, 6) is 0.307. The van der Waals surface area contributed by atoms with Crippen LogP contribution in [-0.4, -0.2) is 26.0 Å². The van der Waals surface area contributed by atoms with Gasteiger partial charge in [-0.05, 0) is 36.4 Å². The summed E-state index contributed by atoms with van der Waals surface area (Å²) in [4.78, 5) is 23.0. The number of benzene rings is 2. The van der Waals surface area contributed by atoms with E-state index in [4.69, 9.17) is 15.2 Å². The summed E-state index contributed by atoms with van der Waals surface area (Å²) in [6.45, 7) is 0. The minimum Gasteiger partial charge on any atom is -0.493 e. The van der Waals surface area contributed by atoms with Crippen molar-refractivity contribution in [3.05, 3.63) is 59.7 Å². The van der Waals surface area contributed by atoms with E-state index in [1.165, 1.54) is 13.2 Å². The number of methoxy groups -OCH3 is 2. The van der Waals surface area contributed by atoms with E-state index in [0.717, 1.165) is 5.56 Å². The number of anilines is 1. The molecule has 0 aliphatic rings. The molecule has 0 spiro atoms. The number of rotatable bonds is 6. The Hall–Kier alpha value is -3.28. The van der Waals surface area contributed by atoms with Crippen LogP contribution in [0.25, 0.3) is 6.08 Å². The quantitative estimate of drug-likeness (QED) is 0.798. The average Bonchev–Trinajstić information content (AvgIpc) is 2.59. The molecule has 2 aromatic carbocycles. The Morgan fingerprint density at radius 1 is 1.04 bits per heavy atom. The Balaban J connectivity index is 2.09. The van der Waals surface area contributed by atoms with Crippen molar-refractivity contribution in [3.8, 4) is 11.5 Å². The van der Waals surface area contributed by atoms with E-state index in [1.807, 2.05) is 12.1 Å². The molecule has 0 aliphatic heterocycles. The lowest BCUT2D eigenvalue weighted by atomic mass is 10.1. The van der Waals surface area contributed by atoms with E-state index >= 15 is 0 Å². The third-order valence-electron chi connectivity index (χ3n) is 3.28. The number of para-hydroxylation sites is 1. The number of hydrogen-bond acceptors (Lipinski definition) is 4. The Bertz CT molecular complexity index is 767. The molecule has 6 heteroatoms. The molecule has 0 fully saturated rings. The van der Waals surface area contributed by atoms with Gasteiger partial charge in [0.05, 0.1) is 14.2 Å². The molecule has 0 atom stereocenters. The van der Waals surface area contributed by atoms with E-state index < -0.39 is 5.91 Å². The molecular weight excluding hydrogens is 308 g/mol. The maximum atomic E-state index is 12.0. The van der Waals surface area contributed by atoms with Crippen LogP contribution >= 0.6 is 0 Å². The molecule has 0 unspecified atom stereocenters. The second-order valence-electron chi connectivity index (χ2n) is 4.85. The molecular formula is C18H18N2O4. The summed E-state index contributed by atoms with van der Waals surface area (Å²) in [7, 11) is 3.09. The van der Waals surface area contributed by atoms with Gasteiger partial charge < -0.3 is 20.5 Å². The van der Waals surface area contributed by atoms with Crippen LogP contribution < -0.4 is 20.5 Å². The van der Waals surface area contributed by atoms with E-state index in [1.54, 1.807) is 43.5 Å². The molecule has 3 N–H and O–H groups in total. The zero-order valence-electron chi connectivity index (χ0n) is 13.4. The summed E-state index contributed by atoms with van der Waals surface area (Å²) >= 11 is 0. The minimum atomic E-state index is -0.516. The third kappa shape index (κ3) is 4.13. The molecule has 0 aromatic heterocycles. The number of primary amides is 1. The zero-order valence-corrected chi connectivity index (χ0v) is 13.4. The van der Waals surface area contributed by atoms with Crippen molar-refractivity contribution in [1.82, 2.24) is 0 Å². The highest BCUT2D eigenvalue weighted by molar-refractivity contribution is 6.02. The predicted molar refractivity (Wildman–Crippen MR) is 92.2 cm³/mol. The first-order valence-electron chi connectivity index (χ1n) is 7.15. The van der Waals surface area contributed by atoms with Gasteiger partial charge in [-0.1, -0.05) is 12.1 Å². The van der Waals surface area contributed by atoms with Gasteiger partial charge in [-0.3, -0.25) is 9.59 Å². The Labute approximate surface area is 139 Å². The van der Waals surface area contributed by atoms with Crippen molar-refractivity contribution in [1.29, 1.82) is 0 Å². The van der Waals surface area contributed by atoms with Gasteiger partial charge in [0, 0.05) is 22.9 Å². The molecule has 124 valence electrons. The largest absolute Gasteiger partial charge is 0.493 e. The lowest BCUT2D eigenvalue weighted by molar-refractivity contribution is -0.111. The van der Waals surface area contributed by atoms with Crippen molar-refractivity contribution in [2.24, 2.45) is 5.73 Å². The molecule has 2 amide bonds. The molecule has 0 radical (unpaired) electrons. The van der Waals surface area contributed by atoms with Crippen LogP contribution in [0.5, 0.6) is 11.5 Å². The van der Waals surface area contributed by atoms with Crippen molar-refractivity contribution in [3.63, 3.8) is 0 Å².